The van der Waals surface area contributed by atoms with E-state index in [0.717, 1.165) is 46.8 Å². The number of aromatic amines is 1. The van der Waals surface area contributed by atoms with Crippen molar-refractivity contribution < 1.29 is 0 Å². The molecule has 0 aliphatic carbocycles. The summed E-state index contributed by atoms with van der Waals surface area (Å²) in [5.41, 5.74) is 2.86. The second-order valence-electron chi connectivity index (χ2n) is 4.68. The van der Waals surface area contributed by atoms with Crippen LogP contribution in [0.25, 0.3) is 0 Å². The fourth-order valence-corrected chi connectivity index (χ4v) is 2.53. The summed E-state index contributed by atoms with van der Waals surface area (Å²) in [6.07, 6.45) is 3.21. The third-order valence-corrected chi connectivity index (χ3v) is 3.81. The molecular formula is C14H18BrClN4. The number of pyridine rings is 1. The molecule has 0 amide bonds. The van der Waals surface area contributed by atoms with Crippen molar-refractivity contribution in [3.63, 3.8) is 0 Å². The topological polar surface area (TPSA) is 53.6 Å². The van der Waals surface area contributed by atoms with Crippen molar-refractivity contribution in [1.29, 1.82) is 0 Å². The van der Waals surface area contributed by atoms with E-state index in [0.29, 0.717) is 11.7 Å². The lowest BCUT2D eigenvalue weighted by molar-refractivity contribution is 0.760. The molecule has 0 aliphatic rings. The van der Waals surface area contributed by atoms with Gasteiger partial charge in [-0.3, -0.25) is 0 Å². The monoisotopic (exact) mass is 356 g/mol. The lowest BCUT2D eigenvalue weighted by Gasteiger charge is -2.08. The minimum atomic E-state index is 0.548. The zero-order chi connectivity index (χ0) is 14.5. The highest BCUT2D eigenvalue weighted by Gasteiger charge is 2.08. The van der Waals surface area contributed by atoms with Gasteiger partial charge in [-0.1, -0.05) is 24.9 Å². The Labute approximate surface area is 132 Å². The molecule has 2 N–H and O–H groups in total. The van der Waals surface area contributed by atoms with E-state index in [1.165, 1.54) is 0 Å². The maximum atomic E-state index is 6.15. The molecule has 0 atom stereocenters. The maximum Gasteiger partial charge on any atom is 0.152 e. The molecule has 0 radical (unpaired) electrons. The summed E-state index contributed by atoms with van der Waals surface area (Å²) < 4.78 is 0.835. The molecule has 0 saturated carbocycles. The van der Waals surface area contributed by atoms with Gasteiger partial charge in [-0.2, -0.15) is 0 Å². The van der Waals surface area contributed by atoms with E-state index in [-0.39, 0.29) is 0 Å². The van der Waals surface area contributed by atoms with Gasteiger partial charge in [0, 0.05) is 6.42 Å². The molecule has 108 valence electrons. The number of hydrogen-bond donors (Lipinski definition) is 2. The largest absolute Gasteiger partial charge is 0.378 e. The van der Waals surface area contributed by atoms with Crippen LogP contribution < -0.4 is 5.32 Å². The molecule has 0 fully saturated rings. The highest BCUT2D eigenvalue weighted by atomic mass is 79.9. The van der Waals surface area contributed by atoms with Gasteiger partial charge in [-0.05, 0) is 41.4 Å². The SMILES string of the molecule is CCCCc1nc(Cl)c(CNc2ccc(Br)nc2C)[nH]1. The van der Waals surface area contributed by atoms with E-state index < -0.39 is 0 Å². The first kappa shape index (κ1) is 15.3. The average Bonchev–Trinajstić information content (AvgIpc) is 2.76. The molecule has 2 rings (SSSR count). The van der Waals surface area contributed by atoms with Crippen molar-refractivity contribution >= 4 is 33.2 Å². The standard InChI is InChI=1S/C14H18BrClN4/c1-3-4-5-13-19-11(14(16)20-13)8-17-10-6-7-12(15)18-9(10)2/h6-7,17H,3-5,8H2,1-2H3,(H,19,20). The number of nitrogens with one attached hydrogen (secondary N) is 2. The van der Waals surface area contributed by atoms with Crippen molar-refractivity contribution in [2.75, 3.05) is 5.32 Å². The van der Waals surface area contributed by atoms with Gasteiger partial charge in [-0.15, -0.1) is 0 Å². The fraction of sp³-hybridized carbons (Fsp3) is 0.429. The van der Waals surface area contributed by atoms with Crippen LogP contribution in [0.2, 0.25) is 5.15 Å². The fourth-order valence-electron chi connectivity index (χ4n) is 1.92. The van der Waals surface area contributed by atoms with Crippen LogP contribution in [-0.2, 0) is 13.0 Å². The Balaban J connectivity index is 2.01. The Morgan fingerprint density at radius 2 is 2.15 bits per heavy atom. The molecular weight excluding hydrogens is 340 g/mol. The summed E-state index contributed by atoms with van der Waals surface area (Å²) in [5.74, 6) is 0.958. The Hall–Kier alpha value is -1.07. The molecule has 20 heavy (non-hydrogen) atoms. The highest BCUT2D eigenvalue weighted by molar-refractivity contribution is 9.10. The summed E-state index contributed by atoms with van der Waals surface area (Å²) in [7, 11) is 0. The van der Waals surface area contributed by atoms with Crippen LogP contribution in [0.4, 0.5) is 5.69 Å². The van der Waals surface area contributed by atoms with Crippen molar-refractivity contribution in [3.8, 4) is 0 Å². The van der Waals surface area contributed by atoms with Gasteiger partial charge in [0.25, 0.3) is 0 Å². The predicted octanol–water partition coefficient (Wildman–Crippen LogP) is 4.48. The number of anilines is 1. The van der Waals surface area contributed by atoms with E-state index in [1.54, 1.807) is 0 Å². The van der Waals surface area contributed by atoms with Gasteiger partial charge < -0.3 is 10.3 Å². The highest BCUT2D eigenvalue weighted by Crippen LogP contribution is 2.19. The number of hydrogen-bond acceptors (Lipinski definition) is 3. The van der Waals surface area contributed by atoms with Gasteiger partial charge in [-0.25, -0.2) is 9.97 Å². The Morgan fingerprint density at radius 3 is 2.85 bits per heavy atom. The van der Waals surface area contributed by atoms with Crippen molar-refractivity contribution in [1.82, 2.24) is 15.0 Å². The first-order valence-corrected chi connectivity index (χ1v) is 7.87. The zero-order valence-electron chi connectivity index (χ0n) is 11.6. The quantitative estimate of drug-likeness (QED) is 0.749. The molecule has 4 nitrogen and oxygen atoms in total. The molecule has 0 saturated heterocycles. The molecule has 2 aromatic rings. The number of aryl methyl sites for hydroxylation is 2. The number of aromatic nitrogens is 3. The average molecular weight is 358 g/mol. The number of nitrogens with zero attached hydrogens (tertiary/aromatic N) is 2. The second kappa shape index (κ2) is 7.09. The minimum absolute atomic E-state index is 0.548. The Morgan fingerprint density at radius 1 is 1.35 bits per heavy atom. The summed E-state index contributed by atoms with van der Waals surface area (Å²) in [6.45, 7) is 4.74. The molecule has 0 bridgehead atoms. The molecule has 2 aromatic heterocycles. The molecule has 0 spiro atoms. The molecule has 0 unspecified atom stereocenters. The summed E-state index contributed by atoms with van der Waals surface area (Å²) >= 11 is 9.50. The number of halogens is 2. The molecule has 0 aromatic carbocycles. The first-order valence-electron chi connectivity index (χ1n) is 6.70. The number of rotatable bonds is 6. The van der Waals surface area contributed by atoms with Gasteiger partial charge in [0.15, 0.2) is 5.15 Å². The minimum Gasteiger partial charge on any atom is -0.378 e. The lowest BCUT2D eigenvalue weighted by atomic mass is 10.2. The van der Waals surface area contributed by atoms with E-state index in [9.17, 15) is 0 Å². The smallest absolute Gasteiger partial charge is 0.152 e. The van der Waals surface area contributed by atoms with Crippen LogP contribution in [0.3, 0.4) is 0 Å². The normalized spacial score (nSPS) is 10.8. The summed E-state index contributed by atoms with van der Waals surface area (Å²) in [5, 5.41) is 3.88. The third-order valence-electron chi connectivity index (χ3n) is 3.05. The van der Waals surface area contributed by atoms with E-state index in [4.69, 9.17) is 11.6 Å². The maximum absolute atomic E-state index is 6.15. The van der Waals surface area contributed by atoms with Gasteiger partial charge in [0.1, 0.15) is 10.4 Å². The second-order valence-corrected chi connectivity index (χ2v) is 5.85. The van der Waals surface area contributed by atoms with Gasteiger partial charge >= 0.3 is 0 Å². The van der Waals surface area contributed by atoms with E-state index >= 15 is 0 Å². The predicted molar refractivity (Wildman–Crippen MR) is 86.2 cm³/mol. The summed E-state index contributed by atoms with van der Waals surface area (Å²) in [4.78, 5) is 12.0. The number of H-pyrrole nitrogens is 1. The van der Waals surface area contributed by atoms with Crippen LogP contribution in [-0.4, -0.2) is 15.0 Å². The molecule has 2 heterocycles. The first-order chi connectivity index (χ1) is 9.60. The van der Waals surface area contributed by atoms with Crippen LogP contribution >= 0.6 is 27.5 Å². The van der Waals surface area contributed by atoms with Gasteiger partial charge in [0.2, 0.25) is 0 Å². The van der Waals surface area contributed by atoms with Crippen LogP contribution in [0.1, 0.15) is 37.0 Å². The summed E-state index contributed by atoms with van der Waals surface area (Å²) in [6, 6.07) is 3.91. The van der Waals surface area contributed by atoms with Crippen molar-refractivity contribution in [3.05, 3.63) is 39.1 Å². The molecule has 0 aliphatic heterocycles. The number of unbranched alkanes of at least 4 members (excludes halogenated alkanes) is 1. The van der Waals surface area contributed by atoms with E-state index in [2.05, 4.69) is 43.1 Å². The van der Waals surface area contributed by atoms with Crippen molar-refractivity contribution in [2.45, 2.75) is 39.7 Å². The van der Waals surface area contributed by atoms with Crippen LogP contribution in [0.5, 0.6) is 0 Å². The third kappa shape index (κ3) is 3.96. The Bertz CT molecular complexity index is 583. The number of imidazole rings is 1. The molecule has 6 heteroatoms. The van der Waals surface area contributed by atoms with Crippen LogP contribution in [0, 0.1) is 6.92 Å². The van der Waals surface area contributed by atoms with Crippen molar-refractivity contribution in [2.24, 2.45) is 0 Å². The zero-order valence-corrected chi connectivity index (χ0v) is 14.0. The van der Waals surface area contributed by atoms with Crippen LogP contribution in [0.15, 0.2) is 16.7 Å². The van der Waals surface area contributed by atoms with Gasteiger partial charge in [0.05, 0.1) is 23.6 Å². The van der Waals surface area contributed by atoms with E-state index in [1.807, 2.05) is 19.1 Å². The Kier molecular flexibility index (Phi) is 5.43. The lowest BCUT2D eigenvalue weighted by Crippen LogP contribution is -2.03.